The molecule has 0 aliphatic heterocycles. The summed E-state index contributed by atoms with van der Waals surface area (Å²) in [6.07, 6.45) is 3.97. The van der Waals surface area contributed by atoms with Crippen LogP contribution in [0.5, 0.6) is 0 Å². The first kappa shape index (κ1) is 17.2. The van der Waals surface area contributed by atoms with Crippen LogP contribution in [0.2, 0.25) is 0 Å². The summed E-state index contributed by atoms with van der Waals surface area (Å²) in [6, 6.07) is 6.09. The number of aliphatic carboxylic acids is 1. The third-order valence-electron chi connectivity index (χ3n) is 4.37. The molecule has 1 aromatic rings. The summed E-state index contributed by atoms with van der Waals surface area (Å²) in [4.78, 5) is 25.4. The third-order valence-corrected chi connectivity index (χ3v) is 4.37. The number of amides is 1. The van der Waals surface area contributed by atoms with Gasteiger partial charge in [-0.15, -0.1) is 6.58 Å². The average Bonchev–Trinajstić information content (AvgIpc) is 2.56. The fourth-order valence-electron chi connectivity index (χ4n) is 3.04. The molecule has 0 aromatic heterocycles. The Kier molecular flexibility index (Phi) is 5.90. The fraction of sp³-hybridized carbons (Fsp3) is 0.444. The highest BCUT2D eigenvalue weighted by atomic mass is 19.1. The molecule has 0 atom stereocenters. The Morgan fingerprint density at radius 3 is 2.26 bits per heavy atom. The standard InChI is InChI=1S/C18H22FNO3/c1-2-11-20(12-13-3-9-16(19)10-4-13)17(21)14-5-7-15(8-6-14)18(22)23/h2-4,9-10,14-15H,1,5-8,11-12H2,(H,22,23). The van der Waals surface area contributed by atoms with Gasteiger partial charge >= 0.3 is 5.97 Å². The molecule has 23 heavy (non-hydrogen) atoms. The summed E-state index contributed by atoms with van der Waals surface area (Å²) in [5, 5.41) is 9.03. The van der Waals surface area contributed by atoms with E-state index < -0.39 is 5.97 Å². The zero-order valence-electron chi connectivity index (χ0n) is 13.1. The lowest BCUT2D eigenvalue weighted by atomic mass is 9.81. The van der Waals surface area contributed by atoms with Crippen molar-refractivity contribution < 1.29 is 19.1 Å². The molecule has 1 aliphatic rings. The van der Waals surface area contributed by atoms with E-state index in [9.17, 15) is 14.0 Å². The highest BCUT2D eigenvalue weighted by Gasteiger charge is 2.31. The first-order valence-electron chi connectivity index (χ1n) is 7.88. The van der Waals surface area contributed by atoms with Crippen molar-refractivity contribution in [1.82, 2.24) is 4.90 Å². The monoisotopic (exact) mass is 319 g/mol. The molecule has 0 unspecified atom stereocenters. The van der Waals surface area contributed by atoms with Crippen molar-refractivity contribution >= 4 is 11.9 Å². The third kappa shape index (κ3) is 4.65. The molecule has 1 aromatic carbocycles. The molecule has 0 radical (unpaired) electrons. The minimum absolute atomic E-state index is 0.0260. The Hall–Kier alpha value is -2.17. The maximum Gasteiger partial charge on any atom is 0.306 e. The first-order valence-corrected chi connectivity index (χ1v) is 7.88. The molecule has 1 aliphatic carbocycles. The van der Waals surface area contributed by atoms with Crippen molar-refractivity contribution in [3.8, 4) is 0 Å². The second-order valence-corrected chi connectivity index (χ2v) is 6.02. The Balaban J connectivity index is 1.99. The van der Waals surface area contributed by atoms with Gasteiger partial charge in [0.2, 0.25) is 5.91 Å². The number of carbonyl (C=O) groups is 2. The quantitative estimate of drug-likeness (QED) is 0.819. The normalized spacial score (nSPS) is 20.7. The number of rotatable bonds is 6. The van der Waals surface area contributed by atoms with Crippen LogP contribution in [0.1, 0.15) is 31.2 Å². The van der Waals surface area contributed by atoms with Gasteiger partial charge in [0.1, 0.15) is 5.82 Å². The maximum atomic E-state index is 13.0. The average molecular weight is 319 g/mol. The number of hydrogen-bond donors (Lipinski definition) is 1. The molecule has 1 amide bonds. The van der Waals surface area contributed by atoms with Crippen LogP contribution in [0.25, 0.3) is 0 Å². The van der Waals surface area contributed by atoms with Crippen molar-refractivity contribution in [2.45, 2.75) is 32.2 Å². The van der Waals surface area contributed by atoms with Crippen molar-refractivity contribution in [1.29, 1.82) is 0 Å². The van der Waals surface area contributed by atoms with Gasteiger partial charge in [0, 0.05) is 19.0 Å². The number of carbonyl (C=O) groups excluding carboxylic acids is 1. The number of carboxylic acids is 1. The fourth-order valence-corrected chi connectivity index (χ4v) is 3.04. The first-order chi connectivity index (χ1) is 11.0. The molecule has 0 heterocycles. The summed E-state index contributed by atoms with van der Waals surface area (Å²) in [5.41, 5.74) is 0.862. The van der Waals surface area contributed by atoms with Gasteiger partial charge in [0.05, 0.1) is 5.92 Å². The van der Waals surface area contributed by atoms with E-state index in [1.165, 1.54) is 12.1 Å². The second kappa shape index (κ2) is 7.90. The van der Waals surface area contributed by atoms with Crippen molar-refractivity contribution in [2.75, 3.05) is 6.54 Å². The Morgan fingerprint density at radius 2 is 1.74 bits per heavy atom. The predicted molar refractivity (Wildman–Crippen MR) is 85.1 cm³/mol. The molecule has 124 valence electrons. The smallest absolute Gasteiger partial charge is 0.306 e. The molecule has 5 heteroatoms. The zero-order valence-corrected chi connectivity index (χ0v) is 13.1. The summed E-state index contributed by atoms with van der Waals surface area (Å²) in [5.74, 6) is -1.51. The molecular formula is C18H22FNO3. The van der Waals surface area contributed by atoms with Gasteiger partial charge in [0.25, 0.3) is 0 Å². The van der Waals surface area contributed by atoms with Crippen LogP contribution in [0.3, 0.4) is 0 Å². The molecule has 0 spiro atoms. The van der Waals surface area contributed by atoms with Crippen molar-refractivity contribution in [3.05, 3.63) is 48.3 Å². The van der Waals surface area contributed by atoms with Gasteiger partial charge in [-0.1, -0.05) is 18.2 Å². The summed E-state index contributed by atoms with van der Waals surface area (Å²) >= 11 is 0. The lowest BCUT2D eigenvalue weighted by Crippen LogP contribution is -2.38. The Bertz CT molecular complexity index is 562. The van der Waals surface area contributed by atoms with Gasteiger partial charge in [0.15, 0.2) is 0 Å². The zero-order chi connectivity index (χ0) is 16.8. The lowest BCUT2D eigenvalue weighted by molar-refractivity contribution is -0.145. The van der Waals surface area contributed by atoms with Gasteiger partial charge in [-0.3, -0.25) is 9.59 Å². The minimum Gasteiger partial charge on any atom is -0.481 e. The van der Waals surface area contributed by atoms with Crippen LogP contribution in [0.4, 0.5) is 4.39 Å². The lowest BCUT2D eigenvalue weighted by Gasteiger charge is -2.30. The molecule has 1 N–H and O–H groups in total. The van der Waals surface area contributed by atoms with E-state index in [2.05, 4.69) is 6.58 Å². The largest absolute Gasteiger partial charge is 0.481 e. The molecule has 1 saturated carbocycles. The number of benzene rings is 1. The highest BCUT2D eigenvalue weighted by Crippen LogP contribution is 2.30. The van der Waals surface area contributed by atoms with E-state index in [1.54, 1.807) is 23.1 Å². The maximum absolute atomic E-state index is 13.0. The summed E-state index contributed by atoms with van der Waals surface area (Å²) < 4.78 is 13.0. The Labute approximate surface area is 135 Å². The van der Waals surface area contributed by atoms with Crippen LogP contribution in [0, 0.1) is 17.7 Å². The second-order valence-electron chi connectivity index (χ2n) is 6.02. The number of carboxylic acid groups (broad SMARTS) is 1. The van der Waals surface area contributed by atoms with Crippen LogP contribution in [-0.2, 0) is 16.1 Å². The molecule has 2 rings (SSSR count). The van der Waals surface area contributed by atoms with Gasteiger partial charge in [-0.2, -0.15) is 0 Å². The highest BCUT2D eigenvalue weighted by molar-refractivity contribution is 5.79. The van der Waals surface area contributed by atoms with Crippen molar-refractivity contribution in [3.63, 3.8) is 0 Å². The van der Waals surface area contributed by atoms with Gasteiger partial charge < -0.3 is 10.0 Å². The SMILES string of the molecule is C=CCN(Cc1ccc(F)cc1)C(=O)C1CCC(C(=O)O)CC1. The molecule has 0 bridgehead atoms. The van der Waals surface area contributed by atoms with Gasteiger partial charge in [-0.25, -0.2) is 4.39 Å². The van der Waals surface area contributed by atoms with E-state index in [1.807, 2.05) is 0 Å². The van der Waals surface area contributed by atoms with Crippen LogP contribution in [-0.4, -0.2) is 28.4 Å². The number of nitrogens with zero attached hydrogens (tertiary/aromatic N) is 1. The molecule has 1 fully saturated rings. The van der Waals surface area contributed by atoms with E-state index in [0.717, 1.165) is 5.56 Å². The van der Waals surface area contributed by atoms with Crippen LogP contribution < -0.4 is 0 Å². The predicted octanol–water partition coefficient (Wildman–Crippen LogP) is 3.23. The van der Waals surface area contributed by atoms with E-state index in [0.29, 0.717) is 38.8 Å². The minimum atomic E-state index is -0.773. The van der Waals surface area contributed by atoms with Crippen LogP contribution in [0.15, 0.2) is 36.9 Å². The number of hydrogen-bond acceptors (Lipinski definition) is 2. The molecular weight excluding hydrogens is 297 g/mol. The van der Waals surface area contributed by atoms with E-state index in [-0.39, 0.29) is 23.6 Å². The van der Waals surface area contributed by atoms with E-state index >= 15 is 0 Å². The van der Waals surface area contributed by atoms with Gasteiger partial charge in [-0.05, 0) is 43.4 Å². The van der Waals surface area contributed by atoms with E-state index in [4.69, 9.17) is 5.11 Å². The molecule has 0 saturated heterocycles. The van der Waals surface area contributed by atoms with Crippen LogP contribution >= 0.6 is 0 Å². The Morgan fingerprint density at radius 1 is 1.17 bits per heavy atom. The topological polar surface area (TPSA) is 57.6 Å². The molecule has 4 nitrogen and oxygen atoms in total. The summed E-state index contributed by atoms with van der Waals surface area (Å²) in [6.45, 7) is 4.52. The summed E-state index contributed by atoms with van der Waals surface area (Å²) in [7, 11) is 0. The van der Waals surface area contributed by atoms with Crippen molar-refractivity contribution in [2.24, 2.45) is 11.8 Å². The number of halogens is 1.